The molecule has 0 spiro atoms. The maximum Gasteiger partial charge on any atom is 0.331 e. The summed E-state index contributed by atoms with van der Waals surface area (Å²) in [5, 5.41) is 12.2. The summed E-state index contributed by atoms with van der Waals surface area (Å²) in [5.74, 6) is -0.560. The van der Waals surface area contributed by atoms with Gasteiger partial charge in [-0.15, -0.1) is 0 Å². The van der Waals surface area contributed by atoms with Crippen molar-refractivity contribution >= 4 is 23.2 Å². The molecule has 134 valence electrons. The number of hydrogen-bond acceptors (Lipinski definition) is 4. The summed E-state index contributed by atoms with van der Waals surface area (Å²) in [5.41, 5.74) is 0.658. The second-order valence-corrected chi connectivity index (χ2v) is 6.86. The van der Waals surface area contributed by atoms with Crippen LogP contribution in [0.15, 0.2) is 27.9 Å². The molecule has 1 aliphatic rings. The monoisotopic (exact) mass is 372 g/mol. The molecule has 1 heterocycles. The van der Waals surface area contributed by atoms with Crippen molar-refractivity contribution < 1.29 is 4.79 Å². The van der Waals surface area contributed by atoms with Crippen LogP contribution >= 0.6 is 11.6 Å². The van der Waals surface area contributed by atoms with Crippen LogP contribution in [0.2, 0.25) is 5.02 Å². The second-order valence-electron chi connectivity index (χ2n) is 6.45. The maximum absolute atomic E-state index is 12.5. The van der Waals surface area contributed by atoms with Crippen molar-refractivity contribution in [2.45, 2.75) is 39.3 Å². The van der Waals surface area contributed by atoms with E-state index in [1.165, 1.54) is 10.8 Å². The van der Waals surface area contributed by atoms with E-state index in [0.717, 1.165) is 28.5 Å². The average Bonchev–Trinajstić information content (AvgIpc) is 3.40. The number of hydrogen-bond donors (Lipinski definition) is 1. The highest BCUT2D eigenvalue weighted by atomic mass is 35.5. The molecule has 0 radical (unpaired) electrons. The van der Waals surface area contributed by atoms with Gasteiger partial charge in [-0.3, -0.25) is 14.2 Å². The fourth-order valence-electron chi connectivity index (χ4n) is 2.85. The lowest BCUT2D eigenvalue weighted by Gasteiger charge is -2.13. The lowest BCUT2D eigenvalue weighted by Crippen LogP contribution is -2.43. The molecule has 2 aromatic rings. The first-order valence-electron chi connectivity index (χ1n) is 8.14. The zero-order chi connectivity index (χ0) is 19.0. The minimum Gasteiger partial charge on any atom is -0.323 e. The number of nitrogens with one attached hydrogen (secondary N) is 1. The van der Waals surface area contributed by atoms with Gasteiger partial charge < -0.3 is 5.32 Å². The highest BCUT2D eigenvalue weighted by Crippen LogP contribution is 2.33. The molecule has 1 fully saturated rings. The van der Waals surface area contributed by atoms with Crippen LogP contribution in [0.3, 0.4) is 0 Å². The molecule has 0 aliphatic heterocycles. The number of halogens is 1. The lowest BCUT2D eigenvalue weighted by molar-refractivity contribution is -0.116. The number of carbonyl (C=O) groups excluding carboxylic acids is 1. The smallest absolute Gasteiger partial charge is 0.323 e. The number of nitriles is 1. The Kier molecular flexibility index (Phi) is 4.70. The van der Waals surface area contributed by atoms with E-state index in [1.54, 1.807) is 19.1 Å². The van der Waals surface area contributed by atoms with E-state index in [0.29, 0.717) is 10.7 Å². The number of aryl methyl sites for hydroxylation is 2. The number of anilines is 1. The summed E-state index contributed by atoms with van der Waals surface area (Å²) in [7, 11) is 0. The molecular formula is C18H17ClN4O3. The number of nitrogens with zero attached hydrogens (tertiary/aromatic N) is 3. The van der Waals surface area contributed by atoms with Gasteiger partial charge in [0.05, 0.1) is 10.7 Å². The van der Waals surface area contributed by atoms with E-state index in [1.807, 2.05) is 13.0 Å². The number of aromatic nitrogens is 2. The molecule has 26 heavy (non-hydrogen) atoms. The fourth-order valence-corrected chi connectivity index (χ4v) is 3.22. The zero-order valence-corrected chi connectivity index (χ0v) is 15.1. The average molecular weight is 373 g/mol. The fraction of sp³-hybridized carbons (Fsp3) is 0.333. The van der Waals surface area contributed by atoms with E-state index in [9.17, 15) is 14.4 Å². The summed E-state index contributed by atoms with van der Waals surface area (Å²) in [4.78, 5) is 37.2. The third-order valence-electron chi connectivity index (χ3n) is 4.25. The van der Waals surface area contributed by atoms with Crippen LogP contribution in [-0.2, 0) is 11.3 Å². The normalized spacial score (nSPS) is 13.3. The van der Waals surface area contributed by atoms with Crippen LogP contribution in [0.1, 0.15) is 35.6 Å². The molecule has 1 saturated carbocycles. The molecule has 0 atom stereocenters. The summed E-state index contributed by atoms with van der Waals surface area (Å²) in [6, 6.07) is 5.35. The highest BCUT2D eigenvalue weighted by Gasteiger charge is 2.27. The molecule has 7 nitrogen and oxygen atoms in total. The van der Waals surface area contributed by atoms with E-state index in [2.05, 4.69) is 5.32 Å². The minimum atomic E-state index is -0.767. The lowest BCUT2D eigenvalue weighted by atomic mass is 10.1. The molecule has 3 rings (SSSR count). The Labute approximate surface area is 154 Å². The Hall–Kier alpha value is -2.85. The van der Waals surface area contributed by atoms with E-state index >= 15 is 0 Å². The second kappa shape index (κ2) is 6.81. The Bertz CT molecular complexity index is 1030. The SMILES string of the molecule is Cc1cc(C)c(NC(=O)Cn2c(=O)c(C#N)cn(C3CC3)c2=O)c(Cl)c1. The maximum atomic E-state index is 12.5. The van der Waals surface area contributed by atoms with Crippen molar-refractivity contribution in [2.24, 2.45) is 0 Å². The topological polar surface area (TPSA) is 96.9 Å². The van der Waals surface area contributed by atoms with Gasteiger partial charge in [0.1, 0.15) is 18.2 Å². The summed E-state index contributed by atoms with van der Waals surface area (Å²) >= 11 is 6.17. The first-order valence-corrected chi connectivity index (χ1v) is 8.52. The van der Waals surface area contributed by atoms with Crippen LogP contribution in [-0.4, -0.2) is 15.0 Å². The number of benzene rings is 1. The third-order valence-corrected chi connectivity index (χ3v) is 4.55. The van der Waals surface area contributed by atoms with Gasteiger partial charge in [0, 0.05) is 12.2 Å². The van der Waals surface area contributed by atoms with Crippen molar-refractivity contribution in [1.82, 2.24) is 9.13 Å². The first kappa shape index (κ1) is 18.0. The molecule has 0 unspecified atom stereocenters. The van der Waals surface area contributed by atoms with Crippen molar-refractivity contribution in [2.75, 3.05) is 5.32 Å². The van der Waals surface area contributed by atoms with Gasteiger partial charge in [0.25, 0.3) is 5.56 Å². The van der Waals surface area contributed by atoms with Gasteiger partial charge in [-0.05, 0) is 43.9 Å². The van der Waals surface area contributed by atoms with Crippen LogP contribution in [0.4, 0.5) is 5.69 Å². The zero-order valence-electron chi connectivity index (χ0n) is 14.4. The summed E-state index contributed by atoms with van der Waals surface area (Å²) in [6.07, 6.45) is 2.90. The van der Waals surface area contributed by atoms with Crippen molar-refractivity contribution in [3.05, 3.63) is 60.9 Å². The van der Waals surface area contributed by atoms with Crippen molar-refractivity contribution in [1.29, 1.82) is 5.26 Å². The predicted octanol–water partition coefficient (Wildman–Crippen LogP) is 2.13. The predicted molar refractivity (Wildman–Crippen MR) is 97.5 cm³/mol. The Morgan fingerprint density at radius 2 is 2.04 bits per heavy atom. The molecule has 8 heteroatoms. The van der Waals surface area contributed by atoms with Crippen molar-refractivity contribution in [3.63, 3.8) is 0 Å². The number of amides is 1. The van der Waals surface area contributed by atoms with E-state index in [-0.39, 0.29) is 11.6 Å². The van der Waals surface area contributed by atoms with Gasteiger partial charge in [-0.1, -0.05) is 17.7 Å². The molecular weight excluding hydrogens is 356 g/mol. The number of carbonyl (C=O) groups is 1. The van der Waals surface area contributed by atoms with Gasteiger partial charge >= 0.3 is 5.69 Å². The quantitative estimate of drug-likeness (QED) is 0.888. The standard InChI is InChI=1S/C18H17ClN4O3/c1-10-5-11(2)16(14(19)6-10)21-15(24)9-23-17(25)12(7-20)8-22(18(23)26)13-3-4-13/h5-6,8,13H,3-4,9H2,1-2H3,(H,21,24). The van der Waals surface area contributed by atoms with Gasteiger partial charge in [-0.2, -0.15) is 5.26 Å². The van der Waals surface area contributed by atoms with Crippen molar-refractivity contribution in [3.8, 4) is 6.07 Å². The highest BCUT2D eigenvalue weighted by molar-refractivity contribution is 6.34. The Morgan fingerprint density at radius 3 is 2.62 bits per heavy atom. The largest absolute Gasteiger partial charge is 0.331 e. The minimum absolute atomic E-state index is 0.0155. The van der Waals surface area contributed by atoms with Crippen LogP contribution in [0.5, 0.6) is 0 Å². The third kappa shape index (κ3) is 3.41. The van der Waals surface area contributed by atoms with Gasteiger partial charge in [-0.25, -0.2) is 9.36 Å². The molecule has 0 bridgehead atoms. The van der Waals surface area contributed by atoms with Gasteiger partial charge in [0.2, 0.25) is 5.91 Å². The molecule has 1 aromatic carbocycles. The summed E-state index contributed by atoms with van der Waals surface area (Å²) < 4.78 is 2.15. The van der Waals surface area contributed by atoms with Crippen LogP contribution in [0.25, 0.3) is 0 Å². The molecule has 1 aliphatic carbocycles. The molecule has 1 amide bonds. The Morgan fingerprint density at radius 1 is 1.35 bits per heavy atom. The first-order chi connectivity index (χ1) is 12.3. The molecule has 1 aromatic heterocycles. The Balaban J connectivity index is 1.93. The van der Waals surface area contributed by atoms with Crippen LogP contribution in [0, 0.1) is 25.2 Å². The van der Waals surface area contributed by atoms with E-state index < -0.39 is 23.7 Å². The number of rotatable bonds is 4. The molecule has 0 saturated heterocycles. The van der Waals surface area contributed by atoms with Gasteiger partial charge in [0.15, 0.2) is 0 Å². The van der Waals surface area contributed by atoms with E-state index in [4.69, 9.17) is 16.9 Å². The molecule has 1 N–H and O–H groups in total. The summed E-state index contributed by atoms with van der Waals surface area (Å²) in [6.45, 7) is 3.21. The van der Waals surface area contributed by atoms with Crippen LogP contribution < -0.4 is 16.6 Å².